The number of fused-ring (bicyclic) bond motifs is 1. The van der Waals surface area contributed by atoms with E-state index in [2.05, 4.69) is 10.3 Å². The van der Waals surface area contributed by atoms with Crippen LogP contribution < -0.4 is 15.8 Å². The number of pyridine rings is 2. The highest BCUT2D eigenvalue weighted by Gasteiger charge is 2.41. The number of rotatable bonds is 6. The Kier molecular flexibility index (Phi) is 5.67. The summed E-state index contributed by atoms with van der Waals surface area (Å²) >= 11 is 0. The summed E-state index contributed by atoms with van der Waals surface area (Å²) in [7, 11) is 0. The molecule has 0 atom stereocenters. The zero-order chi connectivity index (χ0) is 24.7. The molecule has 2 N–H and O–H groups in total. The van der Waals surface area contributed by atoms with Crippen LogP contribution in [0.2, 0.25) is 0 Å². The van der Waals surface area contributed by atoms with Gasteiger partial charge in [0, 0.05) is 36.6 Å². The molecule has 35 heavy (non-hydrogen) atoms. The molecule has 2 aliphatic rings. The van der Waals surface area contributed by atoms with Gasteiger partial charge in [-0.15, -0.1) is 0 Å². The lowest BCUT2D eigenvalue weighted by Crippen LogP contribution is -2.55. The van der Waals surface area contributed by atoms with Crippen LogP contribution in [0.4, 0.5) is 8.78 Å². The number of aromatic nitrogens is 2. The van der Waals surface area contributed by atoms with Gasteiger partial charge in [-0.25, -0.2) is 8.78 Å². The highest BCUT2D eigenvalue weighted by atomic mass is 19.1. The second-order valence-electron chi connectivity index (χ2n) is 8.47. The summed E-state index contributed by atoms with van der Waals surface area (Å²) in [5.41, 5.74) is -0.969. The van der Waals surface area contributed by atoms with Gasteiger partial charge >= 0.3 is 0 Å². The summed E-state index contributed by atoms with van der Waals surface area (Å²) in [5, 5.41) is 14.8. The van der Waals surface area contributed by atoms with Crippen LogP contribution >= 0.6 is 0 Å². The van der Waals surface area contributed by atoms with Gasteiger partial charge in [0.2, 0.25) is 5.43 Å². The van der Waals surface area contributed by atoms with Gasteiger partial charge in [0.15, 0.2) is 11.4 Å². The average Bonchev–Trinajstić information content (AvgIpc) is 3.68. The molecule has 2 amide bonds. The number of carbonyl (C=O) groups excluding carboxylic acids is 2. The Morgan fingerprint density at radius 2 is 1.97 bits per heavy atom. The Morgan fingerprint density at radius 1 is 1.17 bits per heavy atom. The van der Waals surface area contributed by atoms with Crippen molar-refractivity contribution in [1.29, 1.82) is 0 Å². The number of benzene rings is 1. The molecule has 0 unspecified atom stereocenters. The fourth-order valence-corrected chi connectivity index (χ4v) is 4.03. The van der Waals surface area contributed by atoms with E-state index >= 15 is 0 Å². The number of carbonyl (C=O) groups is 2. The summed E-state index contributed by atoms with van der Waals surface area (Å²) in [6, 6.07) is 8.32. The summed E-state index contributed by atoms with van der Waals surface area (Å²) in [6.45, 7) is 0.116. The standard InChI is InChI=1S/C24H21F2N5O4/c25-15-5-4-14(19(26)9-15)10-28-23(34)18-12-31-20(22(33)21(18)32)24(35)30(17-6-7-17)13-29(31)11-16-3-1-2-8-27-16/h1-5,8-9,12,17,33H,6-7,10-11,13H2,(H,28,34). The van der Waals surface area contributed by atoms with E-state index in [0.717, 1.165) is 18.9 Å². The van der Waals surface area contributed by atoms with Gasteiger partial charge < -0.3 is 15.3 Å². The Hall–Kier alpha value is -4.28. The molecule has 180 valence electrons. The molecule has 0 saturated heterocycles. The molecule has 9 nitrogen and oxygen atoms in total. The van der Waals surface area contributed by atoms with Crippen molar-refractivity contribution in [3.05, 3.63) is 93.2 Å². The minimum Gasteiger partial charge on any atom is -0.502 e. The lowest BCUT2D eigenvalue weighted by atomic mass is 10.1. The number of nitrogens with one attached hydrogen (secondary N) is 1. The SMILES string of the molecule is O=C(NCc1ccc(F)cc1F)c1cn2c(c(O)c1=O)C(=O)N(C1CC1)CN2Cc1ccccn1. The summed E-state index contributed by atoms with van der Waals surface area (Å²) < 4.78 is 28.4. The second-order valence-corrected chi connectivity index (χ2v) is 8.47. The zero-order valence-corrected chi connectivity index (χ0v) is 18.4. The van der Waals surface area contributed by atoms with Crippen LogP contribution in [-0.2, 0) is 13.1 Å². The highest BCUT2D eigenvalue weighted by Crippen LogP contribution is 2.32. The normalized spacial score (nSPS) is 15.2. The first kappa shape index (κ1) is 22.5. The van der Waals surface area contributed by atoms with Gasteiger partial charge in [-0.2, -0.15) is 0 Å². The molecule has 11 heteroatoms. The molecule has 1 aromatic carbocycles. The Bertz CT molecular complexity index is 1370. The number of hydrogen-bond donors (Lipinski definition) is 2. The maximum atomic E-state index is 13.9. The van der Waals surface area contributed by atoms with Crippen molar-refractivity contribution in [3.8, 4) is 5.75 Å². The average molecular weight is 481 g/mol. The third-order valence-electron chi connectivity index (χ3n) is 6.01. The van der Waals surface area contributed by atoms with Crippen LogP contribution in [0.15, 0.2) is 53.6 Å². The molecule has 5 rings (SSSR count). The molecule has 1 saturated carbocycles. The van der Waals surface area contributed by atoms with Crippen molar-refractivity contribution in [1.82, 2.24) is 19.9 Å². The molecular weight excluding hydrogens is 460 g/mol. The first-order chi connectivity index (χ1) is 16.8. The number of aromatic hydroxyl groups is 1. The molecule has 3 heterocycles. The summed E-state index contributed by atoms with van der Waals surface area (Å²) in [4.78, 5) is 44.7. The first-order valence-electron chi connectivity index (χ1n) is 11.0. The summed E-state index contributed by atoms with van der Waals surface area (Å²) in [6.07, 6.45) is 4.47. The van der Waals surface area contributed by atoms with Gasteiger partial charge in [-0.1, -0.05) is 12.1 Å². The molecule has 0 radical (unpaired) electrons. The van der Waals surface area contributed by atoms with E-state index in [1.54, 1.807) is 28.2 Å². The Labute approximate surface area is 198 Å². The van der Waals surface area contributed by atoms with Crippen LogP contribution in [0, 0.1) is 11.6 Å². The monoisotopic (exact) mass is 481 g/mol. The number of halogens is 2. The van der Waals surface area contributed by atoms with Crippen LogP contribution in [0.25, 0.3) is 0 Å². The Balaban J connectivity index is 1.49. The van der Waals surface area contributed by atoms with E-state index in [4.69, 9.17) is 0 Å². The topological polar surface area (TPSA) is 108 Å². The molecule has 0 spiro atoms. The highest BCUT2D eigenvalue weighted by molar-refractivity contribution is 5.99. The number of nitrogens with zero attached hydrogens (tertiary/aromatic N) is 4. The fraction of sp³-hybridized carbons (Fsp3) is 0.250. The van der Waals surface area contributed by atoms with E-state index in [1.165, 1.54) is 16.9 Å². The zero-order valence-electron chi connectivity index (χ0n) is 18.4. The molecule has 0 bridgehead atoms. The maximum Gasteiger partial charge on any atom is 0.278 e. The predicted molar refractivity (Wildman–Crippen MR) is 120 cm³/mol. The van der Waals surface area contributed by atoms with Crippen LogP contribution in [0.1, 0.15) is 44.9 Å². The Morgan fingerprint density at radius 3 is 2.66 bits per heavy atom. The van der Waals surface area contributed by atoms with E-state index < -0.39 is 40.2 Å². The van der Waals surface area contributed by atoms with Gasteiger partial charge in [0.1, 0.15) is 23.9 Å². The second kappa shape index (κ2) is 8.82. The van der Waals surface area contributed by atoms with Gasteiger partial charge in [0.25, 0.3) is 11.8 Å². The van der Waals surface area contributed by atoms with E-state index in [9.17, 15) is 28.3 Å². The lowest BCUT2D eigenvalue weighted by molar-refractivity contribution is 0.0668. The number of hydrogen-bond acceptors (Lipinski definition) is 6. The molecule has 1 aliphatic carbocycles. The van der Waals surface area contributed by atoms with Crippen LogP contribution in [0.5, 0.6) is 5.75 Å². The third-order valence-corrected chi connectivity index (χ3v) is 6.01. The summed E-state index contributed by atoms with van der Waals surface area (Å²) in [5.74, 6) is -3.82. The third kappa shape index (κ3) is 4.32. The molecular formula is C24H21F2N5O4. The molecule has 1 fully saturated rings. The van der Waals surface area contributed by atoms with Crippen molar-refractivity contribution in [2.45, 2.75) is 32.0 Å². The largest absolute Gasteiger partial charge is 0.502 e. The van der Waals surface area contributed by atoms with Crippen molar-refractivity contribution < 1.29 is 23.5 Å². The van der Waals surface area contributed by atoms with E-state index in [1.807, 2.05) is 6.07 Å². The van der Waals surface area contributed by atoms with Crippen molar-refractivity contribution >= 4 is 11.8 Å². The fourth-order valence-electron chi connectivity index (χ4n) is 4.03. The van der Waals surface area contributed by atoms with Crippen molar-refractivity contribution in [2.75, 3.05) is 11.7 Å². The predicted octanol–water partition coefficient (Wildman–Crippen LogP) is 1.87. The lowest BCUT2D eigenvalue weighted by Gasteiger charge is -2.39. The van der Waals surface area contributed by atoms with E-state index in [-0.39, 0.29) is 37.1 Å². The van der Waals surface area contributed by atoms with Gasteiger partial charge in [0.05, 0.1) is 12.2 Å². The number of amides is 2. The maximum absolute atomic E-state index is 13.9. The minimum absolute atomic E-state index is 0.0190. The minimum atomic E-state index is -1.02. The van der Waals surface area contributed by atoms with Crippen LogP contribution in [0.3, 0.4) is 0 Å². The van der Waals surface area contributed by atoms with Crippen LogP contribution in [-0.4, -0.2) is 44.2 Å². The molecule has 1 aliphatic heterocycles. The smallest absolute Gasteiger partial charge is 0.278 e. The quantitative estimate of drug-likeness (QED) is 0.557. The van der Waals surface area contributed by atoms with E-state index in [0.29, 0.717) is 11.8 Å². The van der Waals surface area contributed by atoms with Gasteiger partial charge in [-0.05, 0) is 31.0 Å². The van der Waals surface area contributed by atoms with Gasteiger partial charge in [-0.3, -0.25) is 29.1 Å². The molecule has 3 aromatic rings. The molecule has 2 aromatic heterocycles. The van der Waals surface area contributed by atoms with Crippen molar-refractivity contribution in [2.24, 2.45) is 0 Å². The first-order valence-corrected chi connectivity index (χ1v) is 11.0. The van der Waals surface area contributed by atoms with Crippen molar-refractivity contribution in [3.63, 3.8) is 0 Å².